The Labute approximate surface area is 190 Å². The van der Waals surface area contributed by atoms with Crippen LogP contribution in [0.1, 0.15) is 34.8 Å². The molecule has 0 bridgehead atoms. The molecule has 1 saturated heterocycles. The topological polar surface area (TPSA) is 146 Å². The minimum atomic E-state index is -0.471. The van der Waals surface area contributed by atoms with Crippen LogP contribution in [0, 0.1) is 0 Å². The first kappa shape index (κ1) is 20.9. The summed E-state index contributed by atoms with van der Waals surface area (Å²) in [7, 11) is 0. The number of rotatable bonds is 7. The Bertz CT molecular complexity index is 1180. The second-order valence-electron chi connectivity index (χ2n) is 8.02. The van der Waals surface area contributed by atoms with Crippen LogP contribution in [0.2, 0.25) is 0 Å². The van der Waals surface area contributed by atoms with Gasteiger partial charge in [0, 0.05) is 42.1 Å². The standard InChI is InChI=1S/C22H25N9O2/c1-24-21(32)15-5-4-14(10-16(15)23)26-22-25-12-18(31-6-8-33-9-7-31)20(28-22)27-19-11-17(29-30-19)13-2-3-13/h4-5,10-13H,1-3,6-9,23H2,(H3,25,26,27,28,29,30). The number of ether oxygens (including phenoxy) is 1. The minimum absolute atomic E-state index is 0.296. The van der Waals surface area contributed by atoms with Crippen molar-refractivity contribution in [1.82, 2.24) is 20.2 Å². The number of carbonyl (C=O) groups excluding carboxylic acids is 1. The molecule has 1 aliphatic carbocycles. The number of benzene rings is 1. The van der Waals surface area contributed by atoms with Crippen molar-refractivity contribution < 1.29 is 9.53 Å². The van der Waals surface area contributed by atoms with Crippen molar-refractivity contribution in [3.63, 3.8) is 0 Å². The fourth-order valence-corrected chi connectivity index (χ4v) is 3.74. The zero-order valence-electron chi connectivity index (χ0n) is 18.0. The number of nitrogens with one attached hydrogen (secondary N) is 3. The van der Waals surface area contributed by atoms with E-state index in [9.17, 15) is 4.79 Å². The Morgan fingerprint density at radius 1 is 1.24 bits per heavy atom. The molecule has 1 amide bonds. The van der Waals surface area contributed by atoms with E-state index < -0.39 is 5.91 Å². The van der Waals surface area contributed by atoms with Gasteiger partial charge in [0.1, 0.15) is 0 Å². The van der Waals surface area contributed by atoms with E-state index in [4.69, 9.17) is 15.5 Å². The zero-order chi connectivity index (χ0) is 22.8. The summed E-state index contributed by atoms with van der Waals surface area (Å²) in [5, 5.41) is 14.0. The summed E-state index contributed by atoms with van der Waals surface area (Å²) in [6.07, 6.45) is 4.16. The summed E-state index contributed by atoms with van der Waals surface area (Å²) in [4.78, 5) is 26.6. The Hall–Kier alpha value is -3.99. The second kappa shape index (κ2) is 8.87. The largest absolute Gasteiger partial charge is 0.398 e. The summed E-state index contributed by atoms with van der Waals surface area (Å²) in [5.41, 5.74) is 9.25. The fourth-order valence-electron chi connectivity index (χ4n) is 3.74. The molecule has 11 nitrogen and oxygen atoms in total. The van der Waals surface area contributed by atoms with E-state index >= 15 is 0 Å². The summed E-state index contributed by atoms with van der Waals surface area (Å²) in [6, 6.07) is 6.98. The zero-order valence-corrected chi connectivity index (χ0v) is 18.0. The Morgan fingerprint density at radius 2 is 2.06 bits per heavy atom. The van der Waals surface area contributed by atoms with Crippen LogP contribution in [0.5, 0.6) is 0 Å². The molecule has 2 aliphatic rings. The Kier molecular flexibility index (Phi) is 5.61. The van der Waals surface area contributed by atoms with Crippen LogP contribution >= 0.6 is 0 Å². The van der Waals surface area contributed by atoms with Crippen LogP contribution in [0.4, 0.5) is 34.6 Å². The lowest BCUT2D eigenvalue weighted by molar-refractivity contribution is 0.100. The molecule has 5 rings (SSSR count). The van der Waals surface area contributed by atoms with Crippen LogP contribution in [-0.4, -0.2) is 59.1 Å². The number of anilines is 6. The third kappa shape index (κ3) is 4.62. The van der Waals surface area contributed by atoms with Crippen molar-refractivity contribution in [2.75, 3.05) is 47.6 Å². The number of hydrogen-bond donors (Lipinski definition) is 4. The molecule has 1 saturated carbocycles. The van der Waals surface area contributed by atoms with Crippen molar-refractivity contribution in [1.29, 1.82) is 0 Å². The summed E-state index contributed by atoms with van der Waals surface area (Å²) in [5.74, 6) is 1.83. The van der Waals surface area contributed by atoms with Crippen molar-refractivity contribution in [2.45, 2.75) is 18.8 Å². The number of aliphatic imine (C=N–C) groups is 1. The number of hydrogen-bond acceptors (Lipinski definition) is 9. The molecule has 1 aliphatic heterocycles. The molecule has 33 heavy (non-hydrogen) atoms. The van der Waals surface area contributed by atoms with E-state index in [1.54, 1.807) is 24.4 Å². The van der Waals surface area contributed by atoms with Crippen LogP contribution in [0.25, 0.3) is 0 Å². The molecule has 0 atom stereocenters. The van der Waals surface area contributed by atoms with Gasteiger partial charge in [0.2, 0.25) is 5.95 Å². The number of aromatic nitrogens is 4. The molecule has 1 aromatic carbocycles. The van der Waals surface area contributed by atoms with Gasteiger partial charge in [-0.2, -0.15) is 10.1 Å². The minimum Gasteiger partial charge on any atom is -0.398 e. The molecule has 0 radical (unpaired) electrons. The van der Waals surface area contributed by atoms with Gasteiger partial charge in [-0.05, 0) is 37.8 Å². The number of amides is 1. The first-order valence-corrected chi connectivity index (χ1v) is 10.8. The van der Waals surface area contributed by atoms with Crippen molar-refractivity contribution in [3.8, 4) is 0 Å². The highest BCUT2D eigenvalue weighted by Crippen LogP contribution is 2.40. The van der Waals surface area contributed by atoms with Gasteiger partial charge in [0.25, 0.3) is 5.91 Å². The maximum atomic E-state index is 11.8. The molecule has 3 heterocycles. The second-order valence-corrected chi connectivity index (χ2v) is 8.02. The van der Waals surface area contributed by atoms with Gasteiger partial charge >= 0.3 is 0 Å². The molecule has 2 fully saturated rings. The number of H-pyrrole nitrogens is 1. The first-order chi connectivity index (χ1) is 16.1. The third-order valence-corrected chi connectivity index (χ3v) is 5.66. The lowest BCUT2D eigenvalue weighted by atomic mass is 10.1. The van der Waals surface area contributed by atoms with Crippen LogP contribution in [-0.2, 0) is 4.74 Å². The highest BCUT2D eigenvalue weighted by molar-refractivity contribution is 6.02. The smallest absolute Gasteiger partial charge is 0.278 e. The number of nitrogen functional groups attached to an aromatic ring is 1. The lowest BCUT2D eigenvalue weighted by Gasteiger charge is -2.29. The SMILES string of the molecule is C=NC(=O)c1ccc(Nc2ncc(N3CCOCC3)c(Nc3cc(C4CC4)[nH]n3)n2)cc1N. The Morgan fingerprint density at radius 3 is 2.79 bits per heavy atom. The molecule has 11 heteroatoms. The molecular formula is C22H25N9O2. The van der Waals surface area contributed by atoms with E-state index in [2.05, 4.69) is 42.4 Å². The summed E-state index contributed by atoms with van der Waals surface area (Å²) in [6.45, 7) is 6.06. The number of nitrogens with zero attached hydrogens (tertiary/aromatic N) is 5. The van der Waals surface area contributed by atoms with Gasteiger partial charge < -0.3 is 26.0 Å². The monoisotopic (exact) mass is 447 g/mol. The summed E-state index contributed by atoms with van der Waals surface area (Å²) >= 11 is 0. The van der Waals surface area contributed by atoms with E-state index in [0.717, 1.165) is 24.5 Å². The maximum absolute atomic E-state index is 11.8. The third-order valence-electron chi connectivity index (χ3n) is 5.66. The fraction of sp³-hybridized carbons (Fsp3) is 0.318. The van der Waals surface area contributed by atoms with Gasteiger partial charge in [-0.25, -0.2) is 9.98 Å². The molecule has 2 aromatic heterocycles. The molecule has 5 N–H and O–H groups in total. The lowest BCUT2D eigenvalue weighted by Crippen LogP contribution is -2.36. The van der Waals surface area contributed by atoms with Gasteiger partial charge in [-0.15, -0.1) is 0 Å². The van der Waals surface area contributed by atoms with E-state index in [-0.39, 0.29) is 0 Å². The van der Waals surface area contributed by atoms with Crippen LogP contribution in [0.3, 0.4) is 0 Å². The van der Waals surface area contributed by atoms with Gasteiger partial charge in [-0.3, -0.25) is 9.89 Å². The molecular weight excluding hydrogens is 422 g/mol. The van der Waals surface area contributed by atoms with Crippen LogP contribution < -0.4 is 21.3 Å². The summed E-state index contributed by atoms with van der Waals surface area (Å²) < 4.78 is 5.49. The average molecular weight is 448 g/mol. The number of carbonyl (C=O) groups is 1. The van der Waals surface area contributed by atoms with E-state index in [1.165, 1.54) is 12.8 Å². The predicted molar refractivity (Wildman–Crippen MR) is 127 cm³/mol. The molecule has 3 aromatic rings. The number of aromatic amines is 1. The number of nitrogens with two attached hydrogens (primary N) is 1. The van der Waals surface area contributed by atoms with Crippen molar-refractivity contribution >= 4 is 47.3 Å². The molecule has 170 valence electrons. The van der Waals surface area contributed by atoms with Gasteiger partial charge in [0.15, 0.2) is 11.6 Å². The number of morpholine rings is 1. The molecule has 0 unspecified atom stereocenters. The average Bonchev–Trinajstić information content (AvgIpc) is 3.58. The Balaban J connectivity index is 1.41. The highest BCUT2D eigenvalue weighted by atomic mass is 16.5. The van der Waals surface area contributed by atoms with Crippen LogP contribution in [0.15, 0.2) is 35.5 Å². The quantitative estimate of drug-likeness (QED) is 0.317. The van der Waals surface area contributed by atoms with E-state index in [0.29, 0.717) is 53.7 Å². The van der Waals surface area contributed by atoms with Crippen molar-refractivity contribution in [2.24, 2.45) is 4.99 Å². The van der Waals surface area contributed by atoms with Crippen molar-refractivity contribution in [3.05, 3.63) is 41.7 Å². The normalized spacial score (nSPS) is 15.8. The maximum Gasteiger partial charge on any atom is 0.278 e. The van der Waals surface area contributed by atoms with E-state index in [1.807, 2.05) is 6.07 Å². The van der Waals surface area contributed by atoms with Gasteiger partial charge in [-0.1, -0.05) is 0 Å². The highest BCUT2D eigenvalue weighted by Gasteiger charge is 2.26. The van der Waals surface area contributed by atoms with Gasteiger partial charge in [0.05, 0.1) is 30.7 Å². The first-order valence-electron chi connectivity index (χ1n) is 10.8. The molecule has 0 spiro atoms. The predicted octanol–water partition coefficient (Wildman–Crippen LogP) is 2.82.